The number of aliphatic hydroxyl groups excluding tert-OH is 1. The molecule has 0 aromatic carbocycles. The van der Waals surface area contributed by atoms with Crippen LogP contribution in [0.5, 0.6) is 0 Å². The van der Waals surface area contributed by atoms with Crippen molar-refractivity contribution in [2.75, 3.05) is 26.3 Å². The Morgan fingerprint density at radius 1 is 1.30 bits per heavy atom. The first-order valence-electron chi connectivity index (χ1n) is 10.3. The highest BCUT2D eigenvalue weighted by atomic mass is 16.5. The molecule has 3 aromatic heterocycles. The van der Waals surface area contributed by atoms with Crippen LogP contribution in [-0.4, -0.2) is 73.5 Å². The number of piperidine rings is 1. The lowest BCUT2D eigenvalue weighted by Gasteiger charge is -2.38. The Morgan fingerprint density at radius 2 is 2.17 bits per heavy atom. The summed E-state index contributed by atoms with van der Waals surface area (Å²) in [6, 6.07) is 3.73. The van der Waals surface area contributed by atoms with Gasteiger partial charge in [0.25, 0.3) is 5.91 Å². The monoisotopic (exact) mass is 412 g/mol. The summed E-state index contributed by atoms with van der Waals surface area (Å²) in [5.41, 5.74) is 3.22. The lowest BCUT2D eigenvalue weighted by Crippen LogP contribution is -2.47. The van der Waals surface area contributed by atoms with Gasteiger partial charge in [-0.3, -0.25) is 14.9 Å². The van der Waals surface area contributed by atoms with E-state index in [9.17, 15) is 14.7 Å². The molecule has 2 atom stereocenters. The van der Waals surface area contributed by atoms with Gasteiger partial charge >= 0.3 is 5.69 Å². The Labute approximate surface area is 171 Å². The topological polar surface area (TPSA) is 140 Å². The second-order valence-electron chi connectivity index (χ2n) is 7.96. The maximum atomic E-state index is 13.0. The standard InChI is InChI=1S/C20H24N6O4/c27-7-8-30-16-10-26(19(28)15-9-14(24-25-15)11-1-2-11)6-4-12(16)13-3-5-21-18-17(13)22-20(29)23-18/h3,5,9,11-12,16,27H,1-2,4,6-8,10H2,(H,24,25)(H2,21,22,23,29). The fraction of sp³-hybridized carbons (Fsp3) is 0.500. The number of amides is 1. The highest BCUT2D eigenvalue weighted by Gasteiger charge is 2.36. The van der Waals surface area contributed by atoms with Gasteiger partial charge in [0.05, 0.1) is 24.8 Å². The first kappa shape index (κ1) is 19.0. The first-order valence-corrected chi connectivity index (χ1v) is 10.3. The Morgan fingerprint density at radius 3 is 2.97 bits per heavy atom. The molecule has 0 bridgehead atoms. The van der Waals surface area contributed by atoms with Crippen LogP contribution >= 0.6 is 0 Å². The van der Waals surface area contributed by atoms with E-state index in [1.165, 1.54) is 0 Å². The molecule has 0 radical (unpaired) electrons. The third kappa shape index (κ3) is 3.52. The van der Waals surface area contributed by atoms with Gasteiger partial charge < -0.3 is 19.7 Å². The summed E-state index contributed by atoms with van der Waals surface area (Å²) in [5.74, 6) is 0.339. The van der Waals surface area contributed by atoms with Gasteiger partial charge in [-0.1, -0.05) is 0 Å². The highest BCUT2D eigenvalue weighted by molar-refractivity contribution is 5.92. The number of aromatic amines is 3. The summed E-state index contributed by atoms with van der Waals surface area (Å²) in [6.07, 6.45) is 4.28. The van der Waals surface area contributed by atoms with Crippen molar-refractivity contribution < 1.29 is 14.6 Å². The largest absolute Gasteiger partial charge is 0.394 e. The average Bonchev–Trinajstić information content (AvgIpc) is 3.35. The van der Waals surface area contributed by atoms with Crippen molar-refractivity contribution in [2.45, 2.75) is 37.2 Å². The van der Waals surface area contributed by atoms with Gasteiger partial charge in [-0.15, -0.1) is 0 Å². The van der Waals surface area contributed by atoms with E-state index in [1.54, 1.807) is 11.1 Å². The van der Waals surface area contributed by atoms with E-state index in [0.717, 1.165) is 24.1 Å². The molecule has 1 saturated carbocycles. The number of carbonyl (C=O) groups excluding carboxylic acids is 1. The molecule has 2 unspecified atom stereocenters. The average molecular weight is 412 g/mol. The molecule has 5 rings (SSSR count). The molecule has 4 N–H and O–H groups in total. The number of pyridine rings is 1. The molecule has 158 valence electrons. The van der Waals surface area contributed by atoms with E-state index in [1.807, 2.05) is 12.1 Å². The minimum Gasteiger partial charge on any atom is -0.394 e. The normalized spacial score (nSPS) is 22.0. The van der Waals surface area contributed by atoms with Crippen LogP contribution < -0.4 is 5.69 Å². The van der Waals surface area contributed by atoms with E-state index in [-0.39, 0.29) is 36.8 Å². The van der Waals surface area contributed by atoms with Crippen molar-refractivity contribution in [3.05, 3.63) is 45.8 Å². The predicted octanol–water partition coefficient (Wildman–Crippen LogP) is 0.859. The van der Waals surface area contributed by atoms with E-state index in [0.29, 0.717) is 42.3 Å². The van der Waals surface area contributed by atoms with Gasteiger partial charge in [0.15, 0.2) is 5.65 Å². The van der Waals surface area contributed by atoms with Crippen LogP contribution in [-0.2, 0) is 4.74 Å². The molecule has 1 aliphatic carbocycles. The molecule has 2 aliphatic rings. The van der Waals surface area contributed by atoms with Crippen LogP contribution in [0, 0.1) is 0 Å². The van der Waals surface area contributed by atoms with Gasteiger partial charge in [0.1, 0.15) is 5.69 Å². The molecule has 30 heavy (non-hydrogen) atoms. The Kier molecular flexibility index (Phi) is 4.87. The number of hydrogen-bond donors (Lipinski definition) is 4. The van der Waals surface area contributed by atoms with E-state index in [2.05, 4.69) is 25.1 Å². The number of likely N-dealkylation sites (tertiary alicyclic amines) is 1. The SMILES string of the molecule is O=C(c1cc(C2CC2)[nH]n1)N1CCC(c2ccnc3[nH]c(=O)[nH]c23)C(OCCO)C1. The van der Waals surface area contributed by atoms with Gasteiger partial charge in [-0.25, -0.2) is 9.78 Å². The molecule has 1 amide bonds. The molecule has 0 spiro atoms. The summed E-state index contributed by atoms with van der Waals surface area (Å²) in [6.45, 7) is 1.00. The lowest BCUT2D eigenvalue weighted by molar-refractivity contribution is -0.0230. The highest BCUT2D eigenvalue weighted by Crippen LogP contribution is 2.39. The summed E-state index contributed by atoms with van der Waals surface area (Å²) in [7, 11) is 0. The first-order chi connectivity index (χ1) is 14.6. The zero-order valence-electron chi connectivity index (χ0n) is 16.4. The number of aromatic nitrogens is 5. The third-order valence-corrected chi connectivity index (χ3v) is 5.96. The van der Waals surface area contributed by atoms with Crippen LogP contribution in [0.2, 0.25) is 0 Å². The maximum Gasteiger partial charge on any atom is 0.325 e. The van der Waals surface area contributed by atoms with Crippen LogP contribution in [0.1, 0.15) is 52.8 Å². The second-order valence-corrected chi connectivity index (χ2v) is 7.96. The number of fused-ring (bicyclic) bond motifs is 1. The third-order valence-electron chi connectivity index (χ3n) is 5.96. The number of rotatable bonds is 6. The number of carbonyl (C=O) groups is 1. The van der Waals surface area contributed by atoms with Crippen molar-refractivity contribution in [1.82, 2.24) is 30.0 Å². The second kappa shape index (κ2) is 7.69. The molecule has 2 fully saturated rings. The van der Waals surface area contributed by atoms with Crippen LogP contribution in [0.3, 0.4) is 0 Å². The Bertz CT molecular complexity index is 1110. The summed E-state index contributed by atoms with van der Waals surface area (Å²) in [4.78, 5) is 36.2. The minimum atomic E-state index is -0.319. The van der Waals surface area contributed by atoms with Crippen molar-refractivity contribution in [1.29, 1.82) is 0 Å². The molecular weight excluding hydrogens is 388 g/mol. The molecule has 10 nitrogen and oxygen atoms in total. The summed E-state index contributed by atoms with van der Waals surface area (Å²) >= 11 is 0. The summed E-state index contributed by atoms with van der Waals surface area (Å²) < 4.78 is 5.93. The molecule has 1 aliphatic heterocycles. The van der Waals surface area contributed by atoms with Crippen LogP contribution in [0.15, 0.2) is 23.1 Å². The van der Waals surface area contributed by atoms with Crippen molar-refractivity contribution >= 4 is 17.1 Å². The van der Waals surface area contributed by atoms with E-state index < -0.39 is 0 Å². The number of hydrogen-bond acceptors (Lipinski definition) is 6. The zero-order valence-corrected chi connectivity index (χ0v) is 16.4. The number of H-pyrrole nitrogens is 3. The molecule has 10 heteroatoms. The summed E-state index contributed by atoms with van der Waals surface area (Å²) in [5, 5.41) is 16.5. The minimum absolute atomic E-state index is 0.0428. The molecule has 3 aromatic rings. The zero-order chi connectivity index (χ0) is 20.7. The lowest BCUT2D eigenvalue weighted by atomic mass is 9.86. The number of imidazole rings is 1. The van der Waals surface area contributed by atoms with E-state index in [4.69, 9.17) is 4.74 Å². The van der Waals surface area contributed by atoms with Gasteiger partial charge in [0.2, 0.25) is 0 Å². The number of aliphatic hydroxyl groups is 1. The van der Waals surface area contributed by atoms with Crippen LogP contribution in [0.25, 0.3) is 11.2 Å². The van der Waals surface area contributed by atoms with Gasteiger partial charge in [-0.2, -0.15) is 5.10 Å². The van der Waals surface area contributed by atoms with Crippen molar-refractivity contribution in [3.63, 3.8) is 0 Å². The van der Waals surface area contributed by atoms with Gasteiger partial charge in [-0.05, 0) is 37.0 Å². The number of nitrogens with zero attached hydrogens (tertiary/aromatic N) is 3. The van der Waals surface area contributed by atoms with Gasteiger partial charge in [0, 0.05) is 36.8 Å². The predicted molar refractivity (Wildman–Crippen MR) is 107 cm³/mol. The smallest absolute Gasteiger partial charge is 0.325 e. The van der Waals surface area contributed by atoms with Crippen molar-refractivity contribution in [2.24, 2.45) is 0 Å². The number of ether oxygens (including phenoxy) is 1. The van der Waals surface area contributed by atoms with Crippen LogP contribution in [0.4, 0.5) is 0 Å². The Balaban J connectivity index is 1.39. The fourth-order valence-corrected chi connectivity index (χ4v) is 4.31. The number of nitrogens with one attached hydrogen (secondary N) is 3. The molecular formula is C20H24N6O4. The maximum absolute atomic E-state index is 13.0. The van der Waals surface area contributed by atoms with Crippen molar-refractivity contribution in [3.8, 4) is 0 Å². The fourth-order valence-electron chi connectivity index (χ4n) is 4.31. The Hall–Kier alpha value is -2.98. The van der Waals surface area contributed by atoms with E-state index >= 15 is 0 Å². The molecule has 4 heterocycles. The molecule has 1 saturated heterocycles. The quantitative estimate of drug-likeness (QED) is 0.473.